The number of aryl methyl sites for hydroxylation is 2. The number of aliphatic imine (C=N–C) groups is 1. The van der Waals surface area contributed by atoms with Gasteiger partial charge in [0.05, 0.1) is 11.9 Å². The molecule has 7 nitrogen and oxygen atoms in total. The summed E-state index contributed by atoms with van der Waals surface area (Å²) in [5.74, 6) is 0.833. The molecule has 0 aliphatic heterocycles. The lowest BCUT2D eigenvalue weighted by atomic mass is 10.1. The van der Waals surface area contributed by atoms with E-state index in [1.165, 1.54) is 11.1 Å². The van der Waals surface area contributed by atoms with Crippen molar-refractivity contribution in [2.45, 2.75) is 26.3 Å². The van der Waals surface area contributed by atoms with Crippen LogP contribution in [0.15, 0.2) is 60.1 Å². The van der Waals surface area contributed by atoms with Gasteiger partial charge in [-0.3, -0.25) is 9.67 Å². The first-order valence-electron chi connectivity index (χ1n) is 9.27. The molecule has 150 valence electrons. The Labute approximate surface area is 183 Å². The van der Waals surface area contributed by atoms with E-state index in [0.717, 1.165) is 44.1 Å². The number of benzene rings is 1. The molecular weight excluding hydrogens is 465 g/mol. The van der Waals surface area contributed by atoms with Gasteiger partial charge in [0, 0.05) is 45.3 Å². The Kier molecular flexibility index (Phi) is 8.99. The molecular formula is C20H28IN7. The number of nitrogens with zero attached hydrogens (tertiary/aromatic N) is 5. The fourth-order valence-electron chi connectivity index (χ4n) is 2.82. The SMILES string of the molecule is CN=C(NCCCn1cc(C)cn1)NCCc1ccc(-n2cccn2)cc1.I. The number of nitrogens with one attached hydrogen (secondary N) is 2. The average molecular weight is 493 g/mol. The molecule has 3 aromatic rings. The molecule has 0 saturated carbocycles. The molecule has 0 radical (unpaired) electrons. The lowest BCUT2D eigenvalue weighted by Gasteiger charge is -2.12. The molecule has 3 rings (SSSR count). The minimum atomic E-state index is 0. The summed E-state index contributed by atoms with van der Waals surface area (Å²) in [6.07, 6.45) is 9.61. The molecule has 2 heterocycles. The zero-order valence-electron chi connectivity index (χ0n) is 16.4. The first-order valence-corrected chi connectivity index (χ1v) is 9.27. The summed E-state index contributed by atoms with van der Waals surface area (Å²) in [6.45, 7) is 4.65. The van der Waals surface area contributed by atoms with Crippen molar-refractivity contribution >= 4 is 29.9 Å². The highest BCUT2D eigenvalue weighted by molar-refractivity contribution is 14.0. The third kappa shape index (κ3) is 6.66. The first-order chi connectivity index (χ1) is 13.2. The number of guanidine groups is 1. The zero-order chi connectivity index (χ0) is 18.9. The topological polar surface area (TPSA) is 72.1 Å². The van der Waals surface area contributed by atoms with E-state index in [4.69, 9.17) is 0 Å². The standard InChI is InChI=1S/C20H27N7.HI/c1-17-15-25-26(16-17)13-3-10-22-20(21-2)23-12-9-18-5-7-19(8-6-18)27-14-4-11-24-27;/h4-8,11,14-16H,3,9-10,12-13H2,1-2H3,(H2,21,22,23);1H. The van der Waals surface area contributed by atoms with Gasteiger partial charge in [0.1, 0.15) is 0 Å². The Bertz CT molecular complexity index is 838. The van der Waals surface area contributed by atoms with Gasteiger partial charge in [-0.15, -0.1) is 24.0 Å². The third-order valence-corrected chi connectivity index (χ3v) is 4.25. The smallest absolute Gasteiger partial charge is 0.190 e. The van der Waals surface area contributed by atoms with Crippen LogP contribution in [0.1, 0.15) is 17.5 Å². The summed E-state index contributed by atoms with van der Waals surface area (Å²) in [7, 11) is 1.80. The maximum absolute atomic E-state index is 4.30. The van der Waals surface area contributed by atoms with Crippen LogP contribution < -0.4 is 10.6 Å². The van der Waals surface area contributed by atoms with E-state index in [1.54, 1.807) is 13.2 Å². The van der Waals surface area contributed by atoms with E-state index in [0.29, 0.717) is 0 Å². The molecule has 1 aromatic carbocycles. The van der Waals surface area contributed by atoms with Crippen molar-refractivity contribution in [3.8, 4) is 5.69 Å². The van der Waals surface area contributed by atoms with Gasteiger partial charge in [-0.25, -0.2) is 4.68 Å². The second-order valence-corrected chi connectivity index (χ2v) is 6.43. The van der Waals surface area contributed by atoms with E-state index in [9.17, 15) is 0 Å². The fourth-order valence-corrected chi connectivity index (χ4v) is 2.82. The highest BCUT2D eigenvalue weighted by atomic mass is 127. The first kappa shape index (κ1) is 21.9. The highest BCUT2D eigenvalue weighted by Gasteiger charge is 2.00. The molecule has 8 heteroatoms. The van der Waals surface area contributed by atoms with Gasteiger partial charge >= 0.3 is 0 Å². The van der Waals surface area contributed by atoms with Crippen LogP contribution in [-0.4, -0.2) is 45.7 Å². The maximum atomic E-state index is 4.30. The minimum Gasteiger partial charge on any atom is -0.356 e. The van der Waals surface area contributed by atoms with Gasteiger partial charge in [0.25, 0.3) is 0 Å². The summed E-state index contributed by atoms with van der Waals surface area (Å²) in [6, 6.07) is 10.4. The number of hydrogen-bond acceptors (Lipinski definition) is 3. The number of rotatable bonds is 8. The van der Waals surface area contributed by atoms with Crippen molar-refractivity contribution in [3.05, 3.63) is 66.2 Å². The van der Waals surface area contributed by atoms with E-state index < -0.39 is 0 Å². The Morgan fingerprint density at radius 2 is 1.89 bits per heavy atom. The molecule has 0 aliphatic rings. The van der Waals surface area contributed by atoms with Crippen molar-refractivity contribution in [1.29, 1.82) is 0 Å². The van der Waals surface area contributed by atoms with Gasteiger partial charge in [-0.1, -0.05) is 12.1 Å². The summed E-state index contributed by atoms with van der Waals surface area (Å²) < 4.78 is 3.83. The summed E-state index contributed by atoms with van der Waals surface area (Å²) in [5.41, 5.74) is 3.54. The lowest BCUT2D eigenvalue weighted by Crippen LogP contribution is -2.39. The quantitative estimate of drug-likeness (QED) is 0.219. The predicted octanol–water partition coefficient (Wildman–Crippen LogP) is 2.79. The Balaban J connectivity index is 0.00000280. The monoisotopic (exact) mass is 493 g/mol. The molecule has 0 fully saturated rings. The zero-order valence-corrected chi connectivity index (χ0v) is 18.7. The molecule has 28 heavy (non-hydrogen) atoms. The molecule has 0 atom stereocenters. The molecule has 2 N–H and O–H groups in total. The van der Waals surface area contributed by atoms with Crippen molar-refractivity contribution < 1.29 is 0 Å². The van der Waals surface area contributed by atoms with E-state index >= 15 is 0 Å². The van der Waals surface area contributed by atoms with Crippen molar-refractivity contribution in [3.63, 3.8) is 0 Å². The van der Waals surface area contributed by atoms with Crippen LogP contribution in [0.4, 0.5) is 0 Å². The second kappa shape index (κ2) is 11.5. The summed E-state index contributed by atoms with van der Waals surface area (Å²) >= 11 is 0. The lowest BCUT2D eigenvalue weighted by molar-refractivity contribution is 0.570. The molecule has 0 amide bonds. The average Bonchev–Trinajstić information content (AvgIpc) is 3.36. The number of aromatic nitrogens is 4. The molecule has 2 aromatic heterocycles. The Morgan fingerprint density at radius 3 is 2.54 bits per heavy atom. The van der Waals surface area contributed by atoms with Gasteiger partial charge < -0.3 is 10.6 Å². The maximum Gasteiger partial charge on any atom is 0.190 e. The third-order valence-electron chi connectivity index (χ3n) is 4.25. The van der Waals surface area contributed by atoms with E-state index in [2.05, 4.69) is 63.2 Å². The number of halogens is 1. The van der Waals surface area contributed by atoms with Crippen LogP contribution >= 0.6 is 24.0 Å². The largest absolute Gasteiger partial charge is 0.356 e. The molecule has 0 bridgehead atoms. The fraction of sp³-hybridized carbons (Fsp3) is 0.350. The van der Waals surface area contributed by atoms with Crippen molar-refractivity contribution in [1.82, 2.24) is 30.2 Å². The molecule has 0 aliphatic carbocycles. The Morgan fingerprint density at radius 1 is 1.11 bits per heavy atom. The van der Waals surface area contributed by atoms with Gasteiger partial charge in [-0.2, -0.15) is 10.2 Å². The highest BCUT2D eigenvalue weighted by Crippen LogP contribution is 2.08. The summed E-state index contributed by atoms with van der Waals surface area (Å²) in [5, 5.41) is 15.2. The summed E-state index contributed by atoms with van der Waals surface area (Å²) in [4.78, 5) is 4.28. The molecule has 0 spiro atoms. The minimum absolute atomic E-state index is 0. The van der Waals surface area contributed by atoms with Crippen LogP contribution in [0.3, 0.4) is 0 Å². The van der Waals surface area contributed by atoms with Crippen LogP contribution in [0.2, 0.25) is 0 Å². The normalized spacial score (nSPS) is 11.1. The molecule has 0 unspecified atom stereocenters. The molecule has 0 saturated heterocycles. The van der Waals surface area contributed by atoms with Crippen LogP contribution in [0.25, 0.3) is 5.69 Å². The van der Waals surface area contributed by atoms with Gasteiger partial charge in [-0.05, 0) is 49.1 Å². The van der Waals surface area contributed by atoms with Gasteiger partial charge in [0.2, 0.25) is 0 Å². The van der Waals surface area contributed by atoms with Crippen molar-refractivity contribution in [2.24, 2.45) is 4.99 Å². The van der Waals surface area contributed by atoms with Crippen molar-refractivity contribution in [2.75, 3.05) is 20.1 Å². The number of hydrogen-bond donors (Lipinski definition) is 2. The van der Waals surface area contributed by atoms with E-state index in [1.807, 2.05) is 27.8 Å². The van der Waals surface area contributed by atoms with Crippen LogP contribution in [-0.2, 0) is 13.0 Å². The van der Waals surface area contributed by atoms with Crippen LogP contribution in [0.5, 0.6) is 0 Å². The Hall–Kier alpha value is -2.36. The van der Waals surface area contributed by atoms with Crippen LogP contribution in [0, 0.1) is 6.92 Å². The second-order valence-electron chi connectivity index (χ2n) is 6.43. The van der Waals surface area contributed by atoms with Gasteiger partial charge in [0.15, 0.2) is 5.96 Å². The van der Waals surface area contributed by atoms with E-state index in [-0.39, 0.29) is 24.0 Å². The predicted molar refractivity (Wildman–Crippen MR) is 124 cm³/mol.